The Hall–Kier alpha value is -2.87. The van der Waals surface area contributed by atoms with Crippen molar-refractivity contribution in [1.82, 2.24) is 14.8 Å². The Kier molecular flexibility index (Phi) is 3.74. The topological polar surface area (TPSA) is 52.3 Å². The predicted octanol–water partition coefficient (Wildman–Crippen LogP) is 4.68. The molecular weight excluding hydrogens is 393 g/mol. The molecule has 0 amide bonds. The van der Waals surface area contributed by atoms with Gasteiger partial charge in [-0.3, -0.25) is 0 Å². The Morgan fingerprint density at radius 1 is 1.07 bits per heavy atom. The zero-order valence-electron chi connectivity index (χ0n) is 14.2. The molecule has 3 aromatic rings. The van der Waals surface area contributed by atoms with E-state index in [1.165, 1.54) is 4.68 Å². The van der Waals surface area contributed by atoms with E-state index >= 15 is 0 Å². The second kappa shape index (κ2) is 6.07. The van der Waals surface area contributed by atoms with Gasteiger partial charge in [-0.1, -0.05) is 35.9 Å². The third kappa shape index (κ3) is 2.67. The molecule has 0 N–H and O–H groups in total. The maximum absolute atomic E-state index is 13.2. The quantitative estimate of drug-likeness (QED) is 0.591. The number of halogens is 4. The molecule has 5 rings (SSSR count). The first kappa shape index (κ1) is 17.2. The van der Waals surface area contributed by atoms with Crippen molar-refractivity contribution < 1.29 is 17.9 Å². The number of ether oxygens (including phenoxy) is 1. The van der Waals surface area contributed by atoms with Crippen LogP contribution in [0.25, 0.3) is 0 Å². The average molecular weight is 405 g/mol. The van der Waals surface area contributed by atoms with Gasteiger partial charge in [-0.05, 0) is 29.8 Å². The second-order valence-corrected chi connectivity index (χ2v) is 7.02. The number of para-hydroxylation sites is 1. The molecule has 0 bridgehead atoms. The van der Waals surface area contributed by atoms with E-state index in [1.807, 2.05) is 24.3 Å². The zero-order chi connectivity index (χ0) is 19.5. The molecule has 0 radical (unpaired) electrons. The maximum Gasteiger partial charge on any atom is 0.453 e. The summed E-state index contributed by atoms with van der Waals surface area (Å²) < 4.78 is 46.8. The minimum atomic E-state index is -4.66. The number of aliphatic imine (C=N–C) groups is 1. The van der Waals surface area contributed by atoms with Crippen LogP contribution in [-0.2, 0) is 6.18 Å². The van der Waals surface area contributed by atoms with Crippen molar-refractivity contribution in [2.75, 3.05) is 6.61 Å². The molecule has 0 fully saturated rings. The van der Waals surface area contributed by atoms with Gasteiger partial charge in [0.1, 0.15) is 5.75 Å². The van der Waals surface area contributed by atoms with Crippen LogP contribution in [0.15, 0.2) is 53.5 Å². The summed E-state index contributed by atoms with van der Waals surface area (Å²) in [4.78, 5) is 8.09. The predicted molar refractivity (Wildman–Crippen MR) is 96.2 cm³/mol. The maximum atomic E-state index is 13.2. The molecule has 2 aromatic carbocycles. The van der Waals surface area contributed by atoms with Crippen molar-refractivity contribution in [3.63, 3.8) is 0 Å². The van der Waals surface area contributed by atoms with Crippen molar-refractivity contribution in [2.24, 2.45) is 10.9 Å². The number of hydrogen-bond donors (Lipinski definition) is 0. The number of benzene rings is 2. The van der Waals surface area contributed by atoms with Gasteiger partial charge in [0.25, 0.3) is 5.82 Å². The van der Waals surface area contributed by atoms with Crippen molar-refractivity contribution >= 4 is 23.3 Å². The van der Waals surface area contributed by atoms with Gasteiger partial charge in [0.15, 0.2) is 0 Å². The zero-order valence-corrected chi connectivity index (χ0v) is 14.9. The Morgan fingerprint density at radius 3 is 2.57 bits per heavy atom. The lowest BCUT2D eigenvalue weighted by molar-refractivity contribution is -0.145. The molecule has 2 aliphatic rings. The third-order valence-electron chi connectivity index (χ3n) is 4.88. The Morgan fingerprint density at radius 2 is 1.82 bits per heavy atom. The number of nitrogens with zero attached hydrogens (tertiary/aromatic N) is 4. The summed E-state index contributed by atoms with van der Waals surface area (Å²) in [5, 5.41) is 4.27. The SMILES string of the molecule is FC(F)(F)c1nc2n(n1)C(c1ccc(Cl)cc1)C1COc3ccccc3C1=N2. The van der Waals surface area contributed by atoms with Gasteiger partial charge in [0.2, 0.25) is 5.95 Å². The highest BCUT2D eigenvalue weighted by atomic mass is 35.5. The molecule has 142 valence electrons. The van der Waals surface area contributed by atoms with Crippen LogP contribution in [0.5, 0.6) is 5.75 Å². The highest BCUT2D eigenvalue weighted by molar-refractivity contribution is 6.30. The number of rotatable bonds is 1. The van der Waals surface area contributed by atoms with Crippen LogP contribution in [0.1, 0.15) is 23.0 Å². The molecule has 0 spiro atoms. The molecule has 1 aromatic heterocycles. The first-order valence-corrected chi connectivity index (χ1v) is 8.89. The standard InChI is InChI=1S/C19H12ClF3N4O/c20-11-7-5-10(6-8-11)16-13-9-28-14-4-2-1-3-12(14)15(13)24-18-25-17(19(21,22)23)26-27(16)18/h1-8,13,16H,9H2. The van der Waals surface area contributed by atoms with Gasteiger partial charge in [-0.25, -0.2) is 9.67 Å². The van der Waals surface area contributed by atoms with Crippen LogP contribution >= 0.6 is 11.6 Å². The minimum absolute atomic E-state index is 0.0739. The summed E-state index contributed by atoms with van der Waals surface area (Å²) >= 11 is 5.99. The molecule has 9 heteroatoms. The van der Waals surface area contributed by atoms with E-state index in [0.29, 0.717) is 16.5 Å². The van der Waals surface area contributed by atoms with E-state index in [-0.39, 0.29) is 18.5 Å². The summed E-state index contributed by atoms with van der Waals surface area (Å²) in [5.74, 6) is -0.948. The van der Waals surface area contributed by atoms with Crippen LogP contribution < -0.4 is 4.74 Å². The second-order valence-electron chi connectivity index (χ2n) is 6.58. The van der Waals surface area contributed by atoms with Gasteiger partial charge in [-0.2, -0.15) is 18.2 Å². The van der Waals surface area contributed by atoms with Gasteiger partial charge in [-0.15, -0.1) is 5.10 Å². The van der Waals surface area contributed by atoms with Gasteiger partial charge in [0, 0.05) is 10.6 Å². The van der Waals surface area contributed by atoms with Crippen LogP contribution in [0.3, 0.4) is 0 Å². The van der Waals surface area contributed by atoms with E-state index in [0.717, 1.165) is 11.1 Å². The fraction of sp³-hybridized carbons (Fsp3) is 0.211. The van der Waals surface area contributed by atoms with Crippen LogP contribution in [0.4, 0.5) is 19.1 Å². The molecule has 0 saturated heterocycles. The van der Waals surface area contributed by atoms with Crippen molar-refractivity contribution in [1.29, 1.82) is 0 Å². The molecule has 5 nitrogen and oxygen atoms in total. The molecule has 3 heterocycles. The molecule has 2 aliphatic heterocycles. The smallest absolute Gasteiger partial charge is 0.453 e. The Balaban J connectivity index is 1.73. The Bertz CT molecular complexity index is 1090. The number of aromatic nitrogens is 3. The summed E-state index contributed by atoms with van der Waals surface area (Å²) in [6.07, 6.45) is -4.66. The van der Waals surface area contributed by atoms with Gasteiger partial charge < -0.3 is 4.74 Å². The molecule has 2 atom stereocenters. The summed E-state index contributed by atoms with van der Waals surface area (Å²) in [5.41, 5.74) is 2.15. The molecule has 0 aliphatic carbocycles. The van der Waals surface area contributed by atoms with Crippen molar-refractivity contribution in [2.45, 2.75) is 12.2 Å². The normalized spacial score (nSPS) is 20.5. The fourth-order valence-electron chi connectivity index (χ4n) is 3.66. The van der Waals surface area contributed by atoms with Crippen molar-refractivity contribution in [3.8, 4) is 5.75 Å². The lowest BCUT2D eigenvalue weighted by atomic mass is 9.84. The Labute approximate surface area is 162 Å². The number of fused-ring (bicyclic) bond motifs is 4. The summed E-state index contributed by atoms with van der Waals surface area (Å²) in [6, 6.07) is 13.7. The number of alkyl halides is 3. The molecule has 28 heavy (non-hydrogen) atoms. The molecular formula is C19H12ClF3N4O. The molecule has 2 unspecified atom stereocenters. The van der Waals surface area contributed by atoms with Crippen molar-refractivity contribution in [3.05, 3.63) is 70.5 Å². The highest BCUT2D eigenvalue weighted by Gasteiger charge is 2.44. The van der Waals surface area contributed by atoms with E-state index in [1.54, 1.807) is 24.3 Å². The molecule has 0 saturated carbocycles. The first-order chi connectivity index (χ1) is 13.4. The van der Waals surface area contributed by atoms with Gasteiger partial charge in [0.05, 0.1) is 24.3 Å². The van der Waals surface area contributed by atoms with E-state index in [4.69, 9.17) is 16.3 Å². The average Bonchev–Trinajstić information content (AvgIpc) is 3.11. The lowest BCUT2D eigenvalue weighted by Gasteiger charge is -2.36. The fourth-order valence-corrected chi connectivity index (χ4v) is 3.78. The summed E-state index contributed by atoms with van der Waals surface area (Å²) in [6.45, 7) is 0.268. The van der Waals surface area contributed by atoms with E-state index in [2.05, 4.69) is 15.1 Å². The largest absolute Gasteiger partial charge is 0.492 e. The monoisotopic (exact) mass is 404 g/mol. The highest BCUT2D eigenvalue weighted by Crippen LogP contribution is 2.42. The van der Waals surface area contributed by atoms with Crippen LogP contribution in [0.2, 0.25) is 5.02 Å². The summed E-state index contributed by atoms with van der Waals surface area (Å²) in [7, 11) is 0. The van der Waals surface area contributed by atoms with E-state index in [9.17, 15) is 13.2 Å². The van der Waals surface area contributed by atoms with Crippen LogP contribution in [-0.4, -0.2) is 27.1 Å². The number of hydrogen-bond acceptors (Lipinski definition) is 4. The third-order valence-corrected chi connectivity index (χ3v) is 5.13. The van der Waals surface area contributed by atoms with E-state index < -0.39 is 18.0 Å². The minimum Gasteiger partial charge on any atom is -0.492 e. The first-order valence-electron chi connectivity index (χ1n) is 8.52. The lowest BCUT2D eigenvalue weighted by Crippen LogP contribution is -2.39. The van der Waals surface area contributed by atoms with Crippen LogP contribution in [0, 0.1) is 5.92 Å². The van der Waals surface area contributed by atoms with Gasteiger partial charge >= 0.3 is 6.18 Å².